The molecule has 0 aliphatic heterocycles. The minimum atomic E-state index is 0.199. The maximum Gasteiger partial charge on any atom is 0.165 e. The highest BCUT2D eigenvalue weighted by atomic mass is 31.0. The number of nitrogens with zero attached hydrogens (tertiary/aromatic N) is 4. The van der Waals surface area contributed by atoms with Crippen LogP contribution in [0.2, 0.25) is 0 Å². The van der Waals surface area contributed by atoms with E-state index in [1.165, 1.54) is 6.33 Å². The van der Waals surface area contributed by atoms with Crippen LogP contribution >= 0.6 is 9.24 Å². The third kappa shape index (κ3) is 2.70. The monoisotopic (exact) mass is 253 g/mol. The van der Waals surface area contributed by atoms with Crippen molar-refractivity contribution in [3.63, 3.8) is 0 Å². The van der Waals surface area contributed by atoms with Crippen molar-refractivity contribution in [3.8, 4) is 0 Å². The van der Waals surface area contributed by atoms with E-state index in [1.807, 2.05) is 4.57 Å². The van der Waals surface area contributed by atoms with Gasteiger partial charge in [0, 0.05) is 13.7 Å². The van der Waals surface area contributed by atoms with E-state index in [-0.39, 0.29) is 5.85 Å². The Balaban J connectivity index is 2.07. The number of aromatic nitrogens is 4. The molecule has 6 nitrogen and oxygen atoms in total. The largest absolute Gasteiger partial charge is 0.382 e. The zero-order valence-electron chi connectivity index (χ0n) is 9.71. The van der Waals surface area contributed by atoms with E-state index in [9.17, 15) is 0 Å². The number of rotatable bonds is 5. The molecule has 0 spiro atoms. The second-order valence-corrected chi connectivity index (χ2v) is 4.53. The molecule has 0 bridgehead atoms. The number of aryl methyl sites for hydroxylation is 1. The van der Waals surface area contributed by atoms with Crippen molar-refractivity contribution in [2.45, 2.75) is 25.2 Å². The first-order chi connectivity index (χ1) is 8.22. The number of ether oxygens (including phenoxy) is 1. The Hall–Kier alpha value is -1.26. The van der Waals surface area contributed by atoms with Crippen LogP contribution in [0.1, 0.15) is 12.8 Å². The third-order valence-corrected chi connectivity index (χ3v) is 3.23. The Morgan fingerprint density at radius 1 is 1.47 bits per heavy atom. The van der Waals surface area contributed by atoms with Crippen LogP contribution in [-0.4, -0.2) is 32.5 Å². The van der Waals surface area contributed by atoms with Gasteiger partial charge in [-0.3, -0.25) is 0 Å². The highest BCUT2D eigenvalue weighted by Gasteiger charge is 2.07. The van der Waals surface area contributed by atoms with Crippen molar-refractivity contribution in [1.82, 2.24) is 19.5 Å². The van der Waals surface area contributed by atoms with Gasteiger partial charge < -0.3 is 15.0 Å². The Kier molecular flexibility index (Phi) is 3.86. The Morgan fingerprint density at radius 2 is 2.29 bits per heavy atom. The Bertz CT molecular complexity index is 500. The van der Waals surface area contributed by atoms with Gasteiger partial charge in [0.1, 0.15) is 11.8 Å². The van der Waals surface area contributed by atoms with Gasteiger partial charge in [-0.1, -0.05) is 0 Å². The molecule has 2 rings (SSSR count). The summed E-state index contributed by atoms with van der Waals surface area (Å²) in [5, 5.41) is 0. The molecule has 0 aromatic carbocycles. The van der Waals surface area contributed by atoms with Crippen molar-refractivity contribution in [1.29, 1.82) is 0 Å². The Morgan fingerprint density at radius 3 is 3.06 bits per heavy atom. The summed E-state index contributed by atoms with van der Waals surface area (Å²) in [6, 6.07) is 0. The van der Waals surface area contributed by atoms with Gasteiger partial charge in [0.2, 0.25) is 0 Å². The summed E-state index contributed by atoms with van der Waals surface area (Å²) in [6.07, 6.45) is 5.18. The van der Waals surface area contributed by atoms with E-state index >= 15 is 0 Å². The Labute approximate surface area is 102 Å². The van der Waals surface area contributed by atoms with E-state index in [1.54, 1.807) is 13.4 Å². The fourth-order valence-electron chi connectivity index (χ4n) is 1.64. The van der Waals surface area contributed by atoms with Gasteiger partial charge in [0.05, 0.1) is 12.2 Å². The first-order valence-corrected chi connectivity index (χ1v) is 6.08. The van der Waals surface area contributed by atoms with Gasteiger partial charge >= 0.3 is 0 Å². The lowest BCUT2D eigenvalue weighted by Gasteiger charge is -2.09. The molecule has 0 aliphatic carbocycles. The number of anilines is 1. The quantitative estimate of drug-likeness (QED) is 0.805. The van der Waals surface area contributed by atoms with Crippen LogP contribution in [0.3, 0.4) is 0 Å². The number of methoxy groups -OCH3 is 1. The summed E-state index contributed by atoms with van der Waals surface area (Å²) in [4.78, 5) is 12.3. The van der Waals surface area contributed by atoms with Gasteiger partial charge in [-0.05, 0) is 12.8 Å². The highest BCUT2D eigenvalue weighted by Crippen LogP contribution is 2.16. The summed E-state index contributed by atoms with van der Waals surface area (Å²) in [7, 11) is 4.37. The normalized spacial score (nSPS) is 13.1. The second kappa shape index (κ2) is 5.38. The number of fused-ring (bicyclic) bond motifs is 1. The lowest BCUT2D eigenvalue weighted by molar-refractivity contribution is 0.162. The van der Waals surface area contributed by atoms with Gasteiger partial charge in [0.25, 0.3) is 0 Å². The molecule has 7 heteroatoms. The zero-order chi connectivity index (χ0) is 12.3. The minimum absolute atomic E-state index is 0.199. The molecule has 17 heavy (non-hydrogen) atoms. The van der Waals surface area contributed by atoms with E-state index < -0.39 is 0 Å². The van der Waals surface area contributed by atoms with Crippen molar-refractivity contribution < 1.29 is 4.74 Å². The fourth-order valence-corrected chi connectivity index (χ4v) is 1.88. The maximum absolute atomic E-state index is 5.72. The number of nitrogen functional groups attached to an aromatic ring is 1. The molecule has 2 heterocycles. The van der Waals surface area contributed by atoms with Gasteiger partial charge in [-0.25, -0.2) is 15.0 Å². The summed E-state index contributed by atoms with van der Waals surface area (Å²) in [5.41, 5.74) is 7.17. The minimum Gasteiger partial charge on any atom is -0.382 e. The van der Waals surface area contributed by atoms with Crippen LogP contribution in [0.15, 0.2) is 12.7 Å². The fraction of sp³-hybridized carbons (Fsp3) is 0.500. The van der Waals surface area contributed by atoms with Gasteiger partial charge in [-0.2, -0.15) is 0 Å². The van der Waals surface area contributed by atoms with E-state index in [0.29, 0.717) is 11.3 Å². The molecule has 2 N–H and O–H groups in total. The van der Waals surface area contributed by atoms with Crippen LogP contribution in [0.5, 0.6) is 0 Å². The number of hydrogen-bond acceptors (Lipinski definition) is 5. The van der Waals surface area contributed by atoms with Gasteiger partial charge in [-0.15, -0.1) is 9.24 Å². The standard InChI is InChI=1S/C10H16N5OP/c1-16-7(17)3-2-4-15-6-14-8-9(11)12-5-13-10(8)15/h5-7H,2-4,17H2,1H3,(H2,11,12,13). The molecule has 2 aromatic rings. The zero-order valence-corrected chi connectivity index (χ0v) is 10.9. The smallest absolute Gasteiger partial charge is 0.165 e. The van der Waals surface area contributed by atoms with Crippen molar-refractivity contribution >= 4 is 26.2 Å². The van der Waals surface area contributed by atoms with Crippen molar-refractivity contribution in [2.75, 3.05) is 12.8 Å². The summed E-state index contributed by atoms with van der Waals surface area (Å²) >= 11 is 0. The predicted molar refractivity (Wildman–Crippen MR) is 69.5 cm³/mol. The number of nitrogens with two attached hydrogens (primary N) is 1. The summed E-state index contributed by atoms with van der Waals surface area (Å²) < 4.78 is 7.16. The average molecular weight is 253 g/mol. The molecule has 0 saturated heterocycles. The molecular formula is C10H16N5OP. The molecular weight excluding hydrogens is 237 g/mol. The maximum atomic E-state index is 5.72. The number of hydrogen-bond donors (Lipinski definition) is 1. The lowest BCUT2D eigenvalue weighted by Crippen LogP contribution is -2.04. The van der Waals surface area contributed by atoms with E-state index in [2.05, 4.69) is 24.2 Å². The molecule has 2 aromatic heterocycles. The highest BCUT2D eigenvalue weighted by molar-refractivity contribution is 7.17. The molecule has 0 amide bonds. The van der Waals surface area contributed by atoms with E-state index in [0.717, 1.165) is 25.0 Å². The van der Waals surface area contributed by atoms with Crippen LogP contribution < -0.4 is 5.73 Å². The lowest BCUT2D eigenvalue weighted by atomic mass is 10.3. The van der Waals surface area contributed by atoms with Gasteiger partial charge in [0.15, 0.2) is 11.5 Å². The summed E-state index contributed by atoms with van der Waals surface area (Å²) in [5.74, 6) is 0.624. The van der Waals surface area contributed by atoms with E-state index in [4.69, 9.17) is 10.5 Å². The van der Waals surface area contributed by atoms with Crippen LogP contribution in [0, 0.1) is 0 Å². The van der Waals surface area contributed by atoms with Crippen molar-refractivity contribution in [2.24, 2.45) is 0 Å². The molecule has 0 aliphatic rings. The molecule has 2 atom stereocenters. The first kappa shape index (κ1) is 12.2. The SMILES string of the molecule is COC(P)CCCn1cnc2c(N)ncnc21. The van der Waals surface area contributed by atoms with Crippen LogP contribution in [0.4, 0.5) is 5.82 Å². The molecule has 92 valence electrons. The molecule has 0 saturated carbocycles. The summed E-state index contributed by atoms with van der Waals surface area (Å²) in [6.45, 7) is 0.848. The van der Waals surface area contributed by atoms with Crippen molar-refractivity contribution in [3.05, 3.63) is 12.7 Å². The molecule has 0 radical (unpaired) electrons. The average Bonchev–Trinajstić information content (AvgIpc) is 2.74. The third-order valence-electron chi connectivity index (χ3n) is 2.62. The first-order valence-electron chi connectivity index (χ1n) is 5.42. The topological polar surface area (TPSA) is 78.9 Å². The second-order valence-electron chi connectivity index (χ2n) is 3.79. The molecule has 0 fully saturated rings. The molecule has 2 unspecified atom stereocenters. The van der Waals surface area contributed by atoms with Crippen LogP contribution in [-0.2, 0) is 11.3 Å². The number of imidazole rings is 1. The van der Waals surface area contributed by atoms with Crippen LogP contribution in [0.25, 0.3) is 11.2 Å². The predicted octanol–water partition coefficient (Wildman–Crippen LogP) is 1.04.